The highest BCUT2D eigenvalue weighted by molar-refractivity contribution is 7.12. The molecule has 0 atom stereocenters. The quantitative estimate of drug-likeness (QED) is 0.729. The molecule has 2 aliphatic rings. The number of benzene rings is 1. The number of ketones is 1. The first kappa shape index (κ1) is 13.9. The average Bonchev–Trinajstić information content (AvgIpc) is 2.96. The van der Waals surface area contributed by atoms with Gasteiger partial charge in [0, 0.05) is 25.1 Å². The zero-order valence-corrected chi connectivity index (χ0v) is 13.6. The molecule has 0 spiro atoms. The maximum Gasteiger partial charge on any atom is 1.00 e. The second kappa shape index (κ2) is 5.49. The number of carbonyl (C=O) groups is 1. The van der Waals surface area contributed by atoms with Gasteiger partial charge in [-0.05, 0) is 48.0 Å². The van der Waals surface area contributed by atoms with Crippen LogP contribution in [0.25, 0.3) is 5.57 Å². The summed E-state index contributed by atoms with van der Waals surface area (Å²) in [7, 11) is 2.18. The number of carbonyl (C=O) groups excluding carboxylic acids is 1. The molecule has 2 nitrogen and oxygen atoms in total. The van der Waals surface area contributed by atoms with E-state index in [1.54, 1.807) is 11.3 Å². The Morgan fingerprint density at radius 3 is 2.68 bits per heavy atom. The predicted octanol–water partition coefficient (Wildman–Crippen LogP) is 4.13. The summed E-state index contributed by atoms with van der Waals surface area (Å²) in [5, 5.41) is 2.06. The molecule has 112 valence electrons. The van der Waals surface area contributed by atoms with Crippen LogP contribution in [-0.2, 0) is 6.42 Å². The summed E-state index contributed by atoms with van der Waals surface area (Å²) in [4.78, 5) is 15.9. The Hall–Kier alpha value is -1.71. The van der Waals surface area contributed by atoms with Crippen molar-refractivity contribution in [2.24, 2.45) is 0 Å². The Bertz CT molecular complexity index is 767. The number of hydrogen-bond acceptors (Lipinski definition) is 3. The van der Waals surface area contributed by atoms with Crippen molar-refractivity contribution in [2.45, 2.75) is 19.3 Å². The van der Waals surface area contributed by atoms with Gasteiger partial charge >= 0.3 is 1.43 Å². The molecule has 1 aliphatic carbocycles. The molecule has 0 bridgehead atoms. The van der Waals surface area contributed by atoms with E-state index >= 15 is 0 Å². The van der Waals surface area contributed by atoms with Crippen molar-refractivity contribution in [1.82, 2.24) is 4.90 Å². The third-order valence-electron chi connectivity index (χ3n) is 4.77. The zero-order valence-electron chi connectivity index (χ0n) is 13.8. The first-order valence-electron chi connectivity index (χ1n) is 7.84. The van der Waals surface area contributed by atoms with E-state index in [1.165, 1.54) is 27.8 Å². The minimum absolute atomic E-state index is 0. The van der Waals surface area contributed by atoms with Gasteiger partial charge in [-0.25, -0.2) is 0 Å². The maximum absolute atomic E-state index is 12.6. The molecule has 1 aromatic heterocycles. The van der Waals surface area contributed by atoms with Crippen molar-refractivity contribution in [3.8, 4) is 0 Å². The van der Waals surface area contributed by atoms with Crippen molar-refractivity contribution in [2.75, 3.05) is 20.1 Å². The highest BCUT2D eigenvalue weighted by Crippen LogP contribution is 2.40. The van der Waals surface area contributed by atoms with E-state index in [0.717, 1.165) is 30.8 Å². The Morgan fingerprint density at radius 1 is 1.09 bits per heavy atom. The highest BCUT2D eigenvalue weighted by Gasteiger charge is 2.27. The fraction of sp³-hybridized carbons (Fsp3) is 0.316. The van der Waals surface area contributed by atoms with Gasteiger partial charge in [-0.3, -0.25) is 4.79 Å². The molecule has 2 aromatic rings. The van der Waals surface area contributed by atoms with Crippen molar-refractivity contribution in [3.63, 3.8) is 0 Å². The Labute approximate surface area is 136 Å². The number of nitrogens with zero attached hydrogens (tertiary/aromatic N) is 1. The smallest absolute Gasteiger partial charge is 0.306 e. The number of fused-ring (bicyclic) bond motifs is 2. The minimum atomic E-state index is 0. The molecular formula is C19H20NOS+. The molecule has 4 rings (SSSR count). The SMILES string of the molecule is CN1CCC(=C2c3ccccc3CC(=O)c3sccc32)CC1.[H+]. The second-order valence-electron chi connectivity index (χ2n) is 6.20. The van der Waals surface area contributed by atoms with Crippen LogP contribution in [0.5, 0.6) is 0 Å². The van der Waals surface area contributed by atoms with Gasteiger partial charge in [0.25, 0.3) is 0 Å². The van der Waals surface area contributed by atoms with E-state index in [9.17, 15) is 4.79 Å². The fourth-order valence-corrected chi connectivity index (χ4v) is 4.40. The fourth-order valence-electron chi connectivity index (χ4n) is 3.56. The Kier molecular flexibility index (Phi) is 3.47. The lowest BCUT2D eigenvalue weighted by Crippen LogP contribution is -2.27. The van der Waals surface area contributed by atoms with Gasteiger partial charge in [0.05, 0.1) is 4.88 Å². The molecule has 1 aliphatic heterocycles. The van der Waals surface area contributed by atoms with E-state index in [1.807, 2.05) is 6.07 Å². The molecule has 0 unspecified atom stereocenters. The van der Waals surface area contributed by atoms with Gasteiger partial charge < -0.3 is 4.90 Å². The number of piperidine rings is 1. The molecule has 22 heavy (non-hydrogen) atoms. The van der Waals surface area contributed by atoms with Gasteiger partial charge in [0.15, 0.2) is 5.78 Å². The minimum Gasteiger partial charge on any atom is -0.306 e. The van der Waals surface area contributed by atoms with Crippen LogP contribution in [0.15, 0.2) is 41.3 Å². The third-order valence-corrected chi connectivity index (χ3v) is 5.73. The normalized spacial score (nSPS) is 18.9. The largest absolute Gasteiger partial charge is 1.00 e. The second-order valence-corrected chi connectivity index (χ2v) is 7.12. The Balaban J connectivity index is 0.00000156. The van der Waals surface area contributed by atoms with Crippen LogP contribution in [0.2, 0.25) is 0 Å². The summed E-state index contributed by atoms with van der Waals surface area (Å²) >= 11 is 1.59. The van der Waals surface area contributed by atoms with Crippen molar-refractivity contribution >= 4 is 22.7 Å². The first-order valence-corrected chi connectivity index (χ1v) is 8.72. The summed E-state index contributed by atoms with van der Waals surface area (Å²) in [6.45, 7) is 2.21. The van der Waals surface area contributed by atoms with Crippen LogP contribution in [0.4, 0.5) is 0 Å². The van der Waals surface area contributed by atoms with Crippen molar-refractivity contribution in [3.05, 3.63) is 62.9 Å². The molecule has 2 heterocycles. The van der Waals surface area contributed by atoms with E-state index in [2.05, 4.69) is 41.6 Å². The third kappa shape index (κ3) is 2.25. The van der Waals surface area contributed by atoms with Crippen molar-refractivity contribution < 1.29 is 6.22 Å². The summed E-state index contributed by atoms with van der Waals surface area (Å²) < 4.78 is 0. The molecule has 0 saturated carbocycles. The molecule has 1 fully saturated rings. The monoisotopic (exact) mass is 310 g/mol. The van der Waals surface area contributed by atoms with E-state index in [4.69, 9.17) is 0 Å². The van der Waals surface area contributed by atoms with Crippen LogP contribution in [0.1, 0.15) is 40.6 Å². The van der Waals surface area contributed by atoms with Crippen LogP contribution in [0, 0.1) is 0 Å². The number of rotatable bonds is 0. The topological polar surface area (TPSA) is 20.3 Å². The number of Topliss-reactive ketones (excluding diaryl/α,β-unsaturated/α-hetero) is 1. The van der Waals surface area contributed by atoms with E-state index < -0.39 is 0 Å². The van der Waals surface area contributed by atoms with E-state index in [0.29, 0.717) is 6.42 Å². The predicted molar refractivity (Wildman–Crippen MR) is 92.7 cm³/mol. The highest BCUT2D eigenvalue weighted by atomic mass is 32.1. The number of likely N-dealkylation sites (tertiary alicyclic amines) is 1. The lowest BCUT2D eigenvalue weighted by atomic mass is 9.88. The molecule has 0 N–H and O–H groups in total. The first-order chi connectivity index (χ1) is 10.7. The van der Waals surface area contributed by atoms with Gasteiger partial charge in [-0.15, -0.1) is 11.3 Å². The summed E-state index contributed by atoms with van der Waals surface area (Å²) in [5.74, 6) is 0.265. The molecule has 0 amide bonds. The molecule has 1 saturated heterocycles. The van der Waals surface area contributed by atoms with Crippen LogP contribution >= 0.6 is 11.3 Å². The molecule has 3 heteroatoms. The van der Waals surface area contributed by atoms with Gasteiger partial charge in [0.1, 0.15) is 0 Å². The van der Waals surface area contributed by atoms with Gasteiger partial charge in [-0.1, -0.05) is 29.8 Å². The van der Waals surface area contributed by atoms with Crippen LogP contribution < -0.4 is 0 Å². The zero-order chi connectivity index (χ0) is 15.1. The number of hydrogen-bond donors (Lipinski definition) is 0. The van der Waals surface area contributed by atoms with Crippen LogP contribution in [-0.4, -0.2) is 30.8 Å². The van der Waals surface area contributed by atoms with Crippen LogP contribution in [0.3, 0.4) is 0 Å². The molecule has 1 aromatic carbocycles. The molecule has 0 radical (unpaired) electrons. The average molecular weight is 310 g/mol. The maximum atomic E-state index is 12.6. The lowest BCUT2D eigenvalue weighted by molar-refractivity contribution is 0.0997. The Morgan fingerprint density at radius 2 is 1.86 bits per heavy atom. The summed E-state index contributed by atoms with van der Waals surface area (Å²) in [6, 6.07) is 10.6. The standard InChI is InChI=1S/C19H19NOS/c1-20-9-6-13(7-10-20)18-15-5-3-2-4-14(15)12-17(21)19-16(18)8-11-22-19/h2-5,8,11H,6-7,9-10,12H2,1H3/p+1. The lowest BCUT2D eigenvalue weighted by Gasteiger charge is -2.27. The van der Waals surface area contributed by atoms with Crippen molar-refractivity contribution in [1.29, 1.82) is 0 Å². The summed E-state index contributed by atoms with van der Waals surface area (Å²) in [6.07, 6.45) is 2.73. The summed E-state index contributed by atoms with van der Waals surface area (Å²) in [5.41, 5.74) is 6.47. The van der Waals surface area contributed by atoms with Gasteiger partial charge in [-0.2, -0.15) is 0 Å². The van der Waals surface area contributed by atoms with Gasteiger partial charge in [0.2, 0.25) is 0 Å². The number of thiophene rings is 1. The molecular weight excluding hydrogens is 290 g/mol. The van der Waals surface area contributed by atoms with E-state index in [-0.39, 0.29) is 7.21 Å².